The van der Waals surface area contributed by atoms with E-state index in [1.165, 1.54) is 38.7 Å². The zero-order chi connectivity index (χ0) is 21.7. The van der Waals surface area contributed by atoms with Crippen molar-refractivity contribution in [1.82, 2.24) is 4.98 Å². The number of benzene rings is 2. The summed E-state index contributed by atoms with van der Waals surface area (Å²) < 4.78 is 27.6. The van der Waals surface area contributed by atoms with Gasteiger partial charge in [0, 0.05) is 22.0 Å². The fourth-order valence-corrected chi connectivity index (χ4v) is 3.94. The molecule has 30 heavy (non-hydrogen) atoms. The molecule has 0 spiro atoms. The van der Waals surface area contributed by atoms with Gasteiger partial charge in [0.1, 0.15) is 28.7 Å². The Morgan fingerprint density at radius 1 is 0.933 bits per heavy atom. The van der Waals surface area contributed by atoms with Crippen molar-refractivity contribution in [1.29, 1.82) is 0 Å². The van der Waals surface area contributed by atoms with Crippen LogP contribution in [0.25, 0.3) is 10.6 Å². The molecular weight excluding hydrogens is 474 g/mol. The van der Waals surface area contributed by atoms with E-state index in [1.807, 2.05) is 23.6 Å². The molecule has 9 heteroatoms. The van der Waals surface area contributed by atoms with E-state index in [4.69, 9.17) is 23.7 Å². The van der Waals surface area contributed by atoms with Crippen molar-refractivity contribution in [2.24, 2.45) is 0 Å². The first-order chi connectivity index (χ1) is 14.5. The van der Waals surface area contributed by atoms with E-state index in [9.17, 15) is 4.79 Å². The molecule has 0 radical (unpaired) electrons. The van der Waals surface area contributed by atoms with E-state index in [1.54, 1.807) is 13.2 Å². The van der Waals surface area contributed by atoms with Gasteiger partial charge in [-0.1, -0.05) is 15.9 Å². The van der Waals surface area contributed by atoms with Gasteiger partial charge in [-0.15, -0.1) is 11.3 Å². The predicted octanol–water partition coefficient (Wildman–Crippen LogP) is 4.96. The third kappa shape index (κ3) is 4.68. The molecule has 7 nitrogen and oxygen atoms in total. The summed E-state index contributed by atoms with van der Waals surface area (Å²) in [5, 5.41) is 2.61. The van der Waals surface area contributed by atoms with E-state index >= 15 is 0 Å². The minimum Gasteiger partial charge on any atom is -0.496 e. The molecule has 1 aromatic heterocycles. The second-order valence-electron chi connectivity index (χ2n) is 5.97. The minimum atomic E-state index is -0.553. The lowest BCUT2D eigenvalue weighted by atomic mass is 10.1. The number of halogens is 1. The number of thiazole rings is 1. The van der Waals surface area contributed by atoms with Crippen molar-refractivity contribution < 1.29 is 28.5 Å². The lowest BCUT2D eigenvalue weighted by Gasteiger charge is -2.13. The molecule has 1 heterocycles. The molecule has 2 aromatic carbocycles. The summed E-state index contributed by atoms with van der Waals surface area (Å²) in [6.07, 6.45) is 0. The predicted molar refractivity (Wildman–Crippen MR) is 117 cm³/mol. The Kier molecular flexibility index (Phi) is 7.17. The van der Waals surface area contributed by atoms with Gasteiger partial charge in [-0.3, -0.25) is 0 Å². The number of nitrogens with zero attached hydrogens (tertiary/aromatic N) is 1. The molecular formula is C21H20BrNO6S. The van der Waals surface area contributed by atoms with Crippen LogP contribution in [0.4, 0.5) is 0 Å². The fraction of sp³-hybridized carbons (Fsp3) is 0.238. The van der Waals surface area contributed by atoms with Gasteiger partial charge in [0.25, 0.3) is 0 Å². The lowest BCUT2D eigenvalue weighted by Crippen LogP contribution is -2.08. The molecule has 0 aliphatic heterocycles. The molecule has 0 unspecified atom stereocenters. The van der Waals surface area contributed by atoms with Crippen LogP contribution in [0.5, 0.6) is 23.0 Å². The molecule has 0 aliphatic carbocycles. The maximum atomic E-state index is 12.6. The summed E-state index contributed by atoms with van der Waals surface area (Å²) >= 11 is 4.90. The molecule has 3 aromatic rings. The zero-order valence-corrected chi connectivity index (χ0v) is 19.3. The van der Waals surface area contributed by atoms with Gasteiger partial charge >= 0.3 is 5.97 Å². The summed E-state index contributed by atoms with van der Waals surface area (Å²) in [6, 6.07) is 8.80. The third-order valence-corrected chi connectivity index (χ3v) is 5.64. The summed E-state index contributed by atoms with van der Waals surface area (Å²) in [6.45, 7) is 0.0170. The van der Waals surface area contributed by atoms with Gasteiger partial charge < -0.3 is 23.7 Å². The monoisotopic (exact) mass is 493 g/mol. The fourth-order valence-electron chi connectivity index (χ4n) is 2.75. The van der Waals surface area contributed by atoms with Crippen LogP contribution in [0.2, 0.25) is 0 Å². The molecule has 0 saturated carbocycles. The summed E-state index contributed by atoms with van der Waals surface area (Å²) in [5.41, 5.74) is 1.72. The number of aromatic nitrogens is 1. The Labute approximate surface area is 186 Å². The second-order valence-corrected chi connectivity index (χ2v) is 7.75. The van der Waals surface area contributed by atoms with Crippen LogP contribution in [-0.4, -0.2) is 39.4 Å². The molecule has 0 atom stereocenters. The quantitative estimate of drug-likeness (QED) is 0.410. The lowest BCUT2D eigenvalue weighted by molar-refractivity contribution is 0.0464. The second kappa shape index (κ2) is 9.82. The molecule has 0 amide bonds. The smallest absolute Gasteiger partial charge is 0.342 e. The Hall–Kier alpha value is -2.78. The number of ether oxygens (including phenoxy) is 5. The van der Waals surface area contributed by atoms with Gasteiger partial charge in [-0.25, -0.2) is 9.78 Å². The van der Waals surface area contributed by atoms with Crippen LogP contribution < -0.4 is 18.9 Å². The molecule has 0 bridgehead atoms. The molecule has 0 aliphatic rings. The molecule has 0 saturated heterocycles. The van der Waals surface area contributed by atoms with Crippen molar-refractivity contribution in [3.8, 4) is 33.6 Å². The summed E-state index contributed by atoms with van der Waals surface area (Å²) in [5.74, 6) is 1.35. The van der Waals surface area contributed by atoms with Crippen molar-refractivity contribution in [3.63, 3.8) is 0 Å². The van der Waals surface area contributed by atoms with Crippen molar-refractivity contribution in [3.05, 3.63) is 51.4 Å². The highest BCUT2D eigenvalue weighted by Crippen LogP contribution is 2.36. The Balaban J connectivity index is 1.77. The van der Waals surface area contributed by atoms with Gasteiger partial charge in [-0.05, 0) is 18.2 Å². The zero-order valence-electron chi connectivity index (χ0n) is 16.9. The normalized spacial score (nSPS) is 10.4. The average molecular weight is 494 g/mol. The number of carbonyl (C=O) groups excluding carboxylic acids is 1. The highest BCUT2D eigenvalue weighted by Gasteiger charge is 2.20. The number of hydrogen-bond donors (Lipinski definition) is 0. The summed E-state index contributed by atoms with van der Waals surface area (Å²) in [7, 11) is 6.08. The molecule has 3 rings (SSSR count). The molecule has 158 valence electrons. The van der Waals surface area contributed by atoms with Crippen LogP contribution in [0, 0.1) is 0 Å². The highest BCUT2D eigenvalue weighted by molar-refractivity contribution is 9.10. The SMILES string of the molecule is COc1cc(OC)c(C(=O)OCc2csc(-c3cc(Br)ccc3OC)n2)cc1OC. The van der Waals surface area contributed by atoms with Gasteiger partial charge in [0.05, 0.1) is 39.7 Å². The number of esters is 1. The minimum absolute atomic E-state index is 0.0170. The maximum absolute atomic E-state index is 12.6. The van der Waals surface area contributed by atoms with Crippen molar-refractivity contribution in [2.75, 3.05) is 28.4 Å². The van der Waals surface area contributed by atoms with E-state index in [2.05, 4.69) is 20.9 Å². The number of rotatable bonds is 8. The topological polar surface area (TPSA) is 76.1 Å². The first-order valence-corrected chi connectivity index (χ1v) is 10.4. The Bertz CT molecular complexity index is 1050. The van der Waals surface area contributed by atoms with Crippen LogP contribution in [0.15, 0.2) is 40.2 Å². The first kappa shape index (κ1) is 21.9. The van der Waals surface area contributed by atoms with E-state index in [0.29, 0.717) is 28.7 Å². The summed E-state index contributed by atoms with van der Waals surface area (Å²) in [4.78, 5) is 17.2. The van der Waals surface area contributed by atoms with E-state index < -0.39 is 5.97 Å². The number of carbonyl (C=O) groups is 1. The van der Waals surface area contributed by atoms with Crippen molar-refractivity contribution >= 4 is 33.2 Å². The maximum Gasteiger partial charge on any atom is 0.342 e. The van der Waals surface area contributed by atoms with Gasteiger partial charge in [0.15, 0.2) is 11.5 Å². The van der Waals surface area contributed by atoms with Gasteiger partial charge in [0.2, 0.25) is 0 Å². The Morgan fingerprint density at radius 2 is 1.60 bits per heavy atom. The third-order valence-electron chi connectivity index (χ3n) is 4.22. The van der Waals surface area contributed by atoms with Crippen LogP contribution in [-0.2, 0) is 11.3 Å². The van der Waals surface area contributed by atoms with E-state index in [-0.39, 0.29) is 12.2 Å². The number of methoxy groups -OCH3 is 4. The first-order valence-electron chi connectivity index (χ1n) is 8.76. The van der Waals surface area contributed by atoms with Gasteiger partial charge in [-0.2, -0.15) is 0 Å². The molecule has 0 N–H and O–H groups in total. The highest BCUT2D eigenvalue weighted by atomic mass is 79.9. The largest absolute Gasteiger partial charge is 0.496 e. The van der Waals surface area contributed by atoms with Crippen molar-refractivity contribution in [2.45, 2.75) is 6.61 Å². The average Bonchev–Trinajstić information content (AvgIpc) is 3.25. The molecule has 0 fully saturated rings. The van der Waals surface area contributed by atoms with Crippen LogP contribution in [0.3, 0.4) is 0 Å². The standard InChI is InChI=1S/C21H20BrNO6S/c1-25-16-6-5-12(22)7-14(16)20-23-13(11-30-20)10-29-21(24)15-8-18(27-3)19(28-4)9-17(15)26-2/h5-9,11H,10H2,1-4H3. The van der Waals surface area contributed by atoms with Crippen LogP contribution in [0.1, 0.15) is 16.1 Å². The Morgan fingerprint density at radius 3 is 2.27 bits per heavy atom. The van der Waals surface area contributed by atoms with E-state index in [0.717, 1.165) is 15.0 Å². The van der Waals surface area contributed by atoms with Crippen LogP contribution >= 0.6 is 27.3 Å². The number of hydrogen-bond acceptors (Lipinski definition) is 8.